The Bertz CT molecular complexity index is 806. The molecule has 0 heterocycles. The van der Waals surface area contributed by atoms with Gasteiger partial charge in [-0.15, -0.1) is 0 Å². The molecule has 2 nitrogen and oxygen atoms in total. The van der Waals surface area contributed by atoms with Gasteiger partial charge in [-0.3, -0.25) is 0 Å². The van der Waals surface area contributed by atoms with E-state index in [1.165, 1.54) is 0 Å². The number of rotatable bonds is 2. The summed E-state index contributed by atoms with van der Waals surface area (Å²) in [6, 6.07) is 3.21. The fourth-order valence-corrected chi connectivity index (χ4v) is 2.06. The van der Waals surface area contributed by atoms with Crippen molar-refractivity contribution < 1.29 is 44.3 Å². The summed E-state index contributed by atoms with van der Waals surface area (Å²) in [5.41, 5.74) is -1.09. The second-order valence-corrected chi connectivity index (χ2v) is 5.03. The maximum absolute atomic E-state index is 13.1. The third-order valence-electron chi connectivity index (χ3n) is 3.17. The van der Waals surface area contributed by atoms with E-state index < -0.39 is 52.4 Å². The summed E-state index contributed by atoms with van der Waals surface area (Å²) < 4.78 is 121. The average molecular weight is 389 g/mol. The van der Waals surface area contributed by atoms with Crippen molar-refractivity contribution in [1.29, 1.82) is 0 Å². The highest BCUT2D eigenvalue weighted by atomic mass is 19.4. The van der Waals surface area contributed by atoms with Gasteiger partial charge in [0.2, 0.25) is 0 Å². The molecule has 0 saturated carbocycles. The number of anilines is 1. The number of nitrogens with two attached hydrogens (primary N) is 1. The molecule has 0 aliphatic carbocycles. The van der Waals surface area contributed by atoms with E-state index in [0.717, 1.165) is 18.2 Å². The summed E-state index contributed by atoms with van der Waals surface area (Å²) in [6.07, 6.45) is -15.5. The maximum atomic E-state index is 13.1. The van der Waals surface area contributed by atoms with Gasteiger partial charge in [0, 0.05) is 11.8 Å². The lowest BCUT2D eigenvalue weighted by molar-refractivity contribution is -0.143. The van der Waals surface area contributed by atoms with Gasteiger partial charge in [0.1, 0.15) is 11.5 Å². The van der Waals surface area contributed by atoms with E-state index in [4.69, 9.17) is 5.73 Å². The molecule has 0 atom stereocenters. The molecule has 0 unspecified atom stereocenters. The van der Waals surface area contributed by atoms with Crippen molar-refractivity contribution in [2.24, 2.45) is 0 Å². The molecule has 26 heavy (non-hydrogen) atoms. The molecule has 0 aliphatic heterocycles. The van der Waals surface area contributed by atoms with Crippen LogP contribution in [-0.4, -0.2) is 0 Å². The fourth-order valence-electron chi connectivity index (χ4n) is 2.06. The third-order valence-corrected chi connectivity index (χ3v) is 3.17. The second-order valence-electron chi connectivity index (χ2n) is 5.03. The van der Waals surface area contributed by atoms with Crippen molar-refractivity contribution in [3.05, 3.63) is 53.1 Å². The monoisotopic (exact) mass is 389 g/mol. The molecular weight excluding hydrogens is 381 g/mol. The number of nitrogen functional groups attached to an aromatic ring is 1. The molecule has 0 saturated heterocycles. The molecule has 2 aromatic carbocycles. The SMILES string of the molecule is Nc1cc(Oc2ccccc2C(F)(F)F)c(C(F)(F)F)cc1C(F)(F)F. The molecule has 2 rings (SSSR count). The fraction of sp³-hybridized carbons (Fsp3) is 0.200. The van der Waals surface area contributed by atoms with E-state index in [9.17, 15) is 39.5 Å². The van der Waals surface area contributed by atoms with Crippen LogP contribution >= 0.6 is 0 Å². The lowest BCUT2D eigenvalue weighted by Crippen LogP contribution is -2.15. The van der Waals surface area contributed by atoms with Gasteiger partial charge < -0.3 is 10.5 Å². The zero-order chi connectivity index (χ0) is 19.9. The van der Waals surface area contributed by atoms with Crippen molar-refractivity contribution in [2.45, 2.75) is 18.5 Å². The van der Waals surface area contributed by atoms with Gasteiger partial charge in [-0.1, -0.05) is 12.1 Å². The molecule has 2 N–H and O–H groups in total. The zero-order valence-electron chi connectivity index (χ0n) is 12.4. The van der Waals surface area contributed by atoms with Gasteiger partial charge in [0.25, 0.3) is 0 Å². The van der Waals surface area contributed by atoms with Crippen LogP contribution in [0, 0.1) is 0 Å². The highest BCUT2D eigenvalue weighted by Crippen LogP contribution is 2.46. The zero-order valence-corrected chi connectivity index (χ0v) is 12.4. The summed E-state index contributed by atoms with van der Waals surface area (Å²) in [5, 5.41) is 0. The highest BCUT2D eigenvalue weighted by Gasteiger charge is 2.41. The van der Waals surface area contributed by atoms with Crippen molar-refractivity contribution in [1.82, 2.24) is 0 Å². The quantitative estimate of drug-likeness (QED) is 0.496. The molecule has 0 bridgehead atoms. The van der Waals surface area contributed by atoms with Crippen LogP contribution in [0.3, 0.4) is 0 Å². The Kier molecular flexibility index (Phi) is 4.77. The van der Waals surface area contributed by atoms with Crippen molar-refractivity contribution in [3.63, 3.8) is 0 Å². The Morgan fingerprint density at radius 3 is 1.62 bits per heavy atom. The van der Waals surface area contributed by atoms with Crippen LogP contribution in [0.5, 0.6) is 11.5 Å². The standard InChI is InChI=1S/C15H8F9NO/c16-13(17,18)7-3-1-2-4-11(7)26-12-6-10(25)8(14(19,20)21)5-9(12)15(22,23)24/h1-6H,25H2. The van der Waals surface area contributed by atoms with Crippen LogP contribution in [0.25, 0.3) is 0 Å². The Hall–Kier alpha value is -2.59. The van der Waals surface area contributed by atoms with Crippen LogP contribution in [0.15, 0.2) is 36.4 Å². The van der Waals surface area contributed by atoms with Crippen LogP contribution in [0.4, 0.5) is 45.2 Å². The smallest absolute Gasteiger partial charge is 0.420 e. The summed E-state index contributed by atoms with van der Waals surface area (Å²) in [6.45, 7) is 0. The van der Waals surface area contributed by atoms with Gasteiger partial charge in [0.05, 0.1) is 16.7 Å². The molecule has 142 valence electrons. The number of hydrogen-bond acceptors (Lipinski definition) is 2. The average Bonchev–Trinajstić information content (AvgIpc) is 2.44. The van der Waals surface area contributed by atoms with Gasteiger partial charge in [-0.25, -0.2) is 0 Å². The molecule has 0 fully saturated rings. The van der Waals surface area contributed by atoms with Crippen LogP contribution in [0.2, 0.25) is 0 Å². The first-order valence-corrected chi connectivity index (χ1v) is 6.63. The van der Waals surface area contributed by atoms with Crippen LogP contribution in [-0.2, 0) is 18.5 Å². The molecule has 0 spiro atoms. The van der Waals surface area contributed by atoms with E-state index in [1.54, 1.807) is 0 Å². The molecule has 0 amide bonds. The molecule has 11 heteroatoms. The third kappa shape index (κ3) is 4.14. The number of hydrogen-bond donors (Lipinski definition) is 1. The topological polar surface area (TPSA) is 35.2 Å². The summed E-state index contributed by atoms with van der Waals surface area (Å²) in [4.78, 5) is 0. The first kappa shape index (κ1) is 19.7. The lowest BCUT2D eigenvalue weighted by Gasteiger charge is -2.19. The summed E-state index contributed by atoms with van der Waals surface area (Å²) >= 11 is 0. The largest absolute Gasteiger partial charge is 0.456 e. The Morgan fingerprint density at radius 2 is 1.12 bits per heavy atom. The molecule has 0 radical (unpaired) electrons. The van der Waals surface area contributed by atoms with Crippen molar-refractivity contribution >= 4 is 5.69 Å². The number of benzene rings is 2. The van der Waals surface area contributed by atoms with Crippen LogP contribution in [0.1, 0.15) is 16.7 Å². The van der Waals surface area contributed by atoms with Crippen molar-refractivity contribution in [3.8, 4) is 11.5 Å². The summed E-state index contributed by atoms with van der Waals surface area (Å²) in [7, 11) is 0. The predicted molar refractivity (Wildman–Crippen MR) is 72.4 cm³/mol. The van der Waals surface area contributed by atoms with Gasteiger partial charge in [-0.2, -0.15) is 39.5 Å². The number of halogens is 9. The summed E-state index contributed by atoms with van der Waals surface area (Å²) in [5.74, 6) is -2.29. The minimum Gasteiger partial charge on any atom is -0.456 e. The lowest BCUT2D eigenvalue weighted by atomic mass is 10.1. The van der Waals surface area contributed by atoms with Crippen LogP contribution < -0.4 is 10.5 Å². The number of para-hydroxylation sites is 1. The van der Waals surface area contributed by atoms with E-state index >= 15 is 0 Å². The molecule has 0 aliphatic rings. The molecule has 2 aromatic rings. The second kappa shape index (κ2) is 6.29. The number of alkyl halides is 9. The van der Waals surface area contributed by atoms with E-state index in [-0.39, 0.29) is 12.1 Å². The van der Waals surface area contributed by atoms with Gasteiger partial charge >= 0.3 is 18.5 Å². The molecular formula is C15H8F9NO. The Labute approximate surface area is 140 Å². The first-order valence-electron chi connectivity index (χ1n) is 6.63. The predicted octanol–water partition coefficient (Wildman–Crippen LogP) is 6.12. The van der Waals surface area contributed by atoms with Gasteiger partial charge in [-0.05, 0) is 18.2 Å². The highest BCUT2D eigenvalue weighted by molar-refractivity contribution is 5.58. The van der Waals surface area contributed by atoms with Gasteiger partial charge in [0.15, 0.2) is 0 Å². The maximum Gasteiger partial charge on any atom is 0.420 e. The Balaban J connectivity index is 2.63. The van der Waals surface area contributed by atoms with E-state index in [1.807, 2.05) is 0 Å². The van der Waals surface area contributed by atoms with E-state index in [0.29, 0.717) is 6.07 Å². The van der Waals surface area contributed by atoms with E-state index in [2.05, 4.69) is 4.74 Å². The molecule has 0 aromatic heterocycles. The first-order chi connectivity index (χ1) is 11.7. The van der Waals surface area contributed by atoms with Crippen molar-refractivity contribution in [2.75, 3.05) is 5.73 Å². The Morgan fingerprint density at radius 1 is 0.615 bits per heavy atom. The number of ether oxygens (including phenoxy) is 1. The minimum absolute atomic E-state index is 0.193. The minimum atomic E-state index is -5.32. The normalized spacial score (nSPS) is 13.0.